The molecule has 0 aromatic heterocycles. The van der Waals surface area contributed by atoms with E-state index in [1.54, 1.807) is 31.3 Å². The average molecular weight is 254 g/mol. The molecule has 1 aromatic carbocycles. The summed E-state index contributed by atoms with van der Waals surface area (Å²) in [6.07, 6.45) is 0. The molecule has 17 heavy (non-hydrogen) atoms. The Hall–Kier alpha value is -1.40. The van der Waals surface area contributed by atoms with Crippen molar-refractivity contribution in [1.82, 2.24) is 4.31 Å². The SMILES string of the molecule is CC(=O)c1cccc(N2CCN(C)S2(=O)=O)c1. The fourth-order valence-corrected chi connectivity index (χ4v) is 3.11. The van der Waals surface area contributed by atoms with Crippen LogP contribution in [-0.2, 0) is 10.2 Å². The Labute approximate surface area is 101 Å². The third-order valence-electron chi connectivity index (χ3n) is 2.83. The number of nitrogens with zero attached hydrogens (tertiary/aromatic N) is 2. The zero-order chi connectivity index (χ0) is 12.6. The molecular formula is C11H14N2O3S. The highest BCUT2D eigenvalue weighted by molar-refractivity contribution is 7.90. The van der Waals surface area contributed by atoms with Crippen LogP contribution in [0.1, 0.15) is 17.3 Å². The maximum atomic E-state index is 11.9. The van der Waals surface area contributed by atoms with Crippen LogP contribution < -0.4 is 4.31 Å². The van der Waals surface area contributed by atoms with Crippen LogP contribution in [0.25, 0.3) is 0 Å². The van der Waals surface area contributed by atoms with Gasteiger partial charge in [-0.1, -0.05) is 12.1 Å². The minimum atomic E-state index is -3.41. The predicted molar refractivity (Wildman–Crippen MR) is 65.3 cm³/mol. The Morgan fingerprint density at radius 3 is 2.53 bits per heavy atom. The van der Waals surface area contributed by atoms with E-state index in [-0.39, 0.29) is 5.78 Å². The molecule has 1 aliphatic rings. The van der Waals surface area contributed by atoms with Gasteiger partial charge < -0.3 is 0 Å². The molecule has 0 N–H and O–H groups in total. The highest BCUT2D eigenvalue weighted by atomic mass is 32.2. The lowest BCUT2D eigenvalue weighted by atomic mass is 10.1. The first-order valence-electron chi connectivity index (χ1n) is 5.28. The van der Waals surface area contributed by atoms with Crippen molar-refractivity contribution in [3.05, 3.63) is 29.8 Å². The van der Waals surface area contributed by atoms with E-state index in [1.165, 1.54) is 15.5 Å². The Morgan fingerprint density at radius 2 is 2.00 bits per heavy atom. The van der Waals surface area contributed by atoms with Crippen LogP contribution in [0.3, 0.4) is 0 Å². The largest absolute Gasteiger partial charge is 0.303 e. The first-order chi connectivity index (χ1) is 7.93. The monoisotopic (exact) mass is 254 g/mol. The van der Waals surface area contributed by atoms with Gasteiger partial charge in [0.1, 0.15) is 0 Å². The molecule has 92 valence electrons. The molecule has 0 amide bonds. The summed E-state index contributed by atoms with van der Waals surface area (Å²) < 4.78 is 26.5. The quantitative estimate of drug-likeness (QED) is 0.736. The van der Waals surface area contributed by atoms with E-state index in [0.29, 0.717) is 24.3 Å². The van der Waals surface area contributed by atoms with Crippen LogP contribution >= 0.6 is 0 Å². The Bertz CT molecular complexity index is 554. The van der Waals surface area contributed by atoms with Crippen LogP contribution in [0.5, 0.6) is 0 Å². The standard InChI is InChI=1S/C11H14N2O3S/c1-9(14)10-4-3-5-11(8-10)13-7-6-12(2)17(13,15)16/h3-5,8H,6-7H2,1-2H3. The van der Waals surface area contributed by atoms with E-state index in [4.69, 9.17) is 0 Å². The van der Waals surface area contributed by atoms with Gasteiger partial charge in [-0.25, -0.2) is 0 Å². The van der Waals surface area contributed by atoms with Gasteiger partial charge in [0.15, 0.2) is 5.78 Å². The van der Waals surface area contributed by atoms with Gasteiger partial charge in [0.2, 0.25) is 0 Å². The van der Waals surface area contributed by atoms with Crippen molar-refractivity contribution in [3.8, 4) is 0 Å². The predicted octanol–water partition coefficient (Wildman–Crippen LogP) is 0.886. The summed E-state index contributed by atoms with van der Waals surface area (Å²) in [4.78, 5) is 11.3. The van der Waals surface area contributed by atoms with Gasteiger partial charge in [-0.05, 0) is 19.1 Å². The average Bonchev–Trinajstić information content (AvgIpc) is 2.54. The third-order valence-corrected chi connectivity index (χ3v) is 4.75. The normalized spacial score (nSPS) is 19.5. The highest BCUT2D eigenvalue weighted by Crippen LogP contribution is 2.24. The number of anilines is 1. The summed E-state index contributed by atoms with van der Waals surface area (Å²) in [5.74, 6) is -0.0724. The van der Waals surface area contributed by atoms with E-state index in [1.807, 2.05) is 0 Å². The number of carbonyl (C=O) groups excluding carboxylic acids is 1. The van der Waals surface area contributed by atoms with E-state index < -0.39 is 10.2 Å². The van der Waals surface area contributed by atoms with Gasteiger partial charge in [-0.3, -0.25) is 9.10 Å². The summed E-state index contributed by atoms with van der Waals surface area (Å²) in [5.41, 5.74) is 1.06. The van der Waals surface area contributed by atoms with Crippen molar-refractivity contribution in [1.29, 1.82) is 0 Å². The molecule has 0 aliphatic carbocycles. The van der Waals surface area contributed by atoms with Crippen molar-refractivity contribution in [2.45, 2.75) is 6.92 Å². The van der Waals surface area contributed by atoms with Gasteiger partial charge in [0.25, 0.3) is 0 Å². The summed E-state index contributed by atoms with van der Waals surface area (Å²) in [5, 5.41) is 0. The van der Waals surface area contributed by atoms with Gasteiger partial charge in [-0.2, -0.15) is 12.7 Å². The summed E-state index contributed by atoms with van der Waals surface area (Å²) in [6, 6.07) is 6.68. The number of ketones is 1. The number of benzene rings is 1. The number of hydrogen-bond donors (Lipinski definition) is 0. The van der Waals surface area contributed by atoms with E-state index in [2.05, 4.69) is 0 Å². The summed E-state index contributed by atoms with van der Waals surface area (Å²) >= 11 is 0. The van der Waals surface area contributed by atoms with E-state index >= 15 is 0 Å². The molecule has 2 rings (SSSR count). The van der Waals surface area contributed by atoms with Crippen LogP contribution in [0.4, 0.5) is 5.69 Å². The number of carbonyl (C=O) groups is 1. The number of hydrogen-bond acceptors (Lipinski definition) is 3. The topological polar surface area (TPSA) is 57.7 Å². The molecule has 1 heterocycles. The second-order valence-electron chi connectivity index (χ2n) is 4.01. The third kappa shape index (κ3) is 2.05. The maximum Gasteiger partial charge on any atom is 0.303 e. The number of rotatable bonds is 2. The van der Waals surface area contributed by atoms with Crippen molar-refractivity contribution < 1.29 is 13.2 Å². The molecule has 0 unspecified atom stereocenters. The molecule has 0 saturated carbocycles. The fraction of sp³-hybridized carbons (Fsp3) is 0.364. The Morgan fingerprint density at radius 1 is 1.29 bits per heavy atom. The molecule has 0 atom stereocenters. The molecule has 6 heteroatoms. The van der Waals surface area contributed by atoms with Crippen LogP contribution in [0.2, 0.25) is 0 Å². The lowest BCUT2D eigenvalue weighted by Crippen LogP contribution is -2.30. The lowest BCUT2D eigenvalue weighted by Gasteiger charge is -2.18. The fourth-order valence-electron chi connectivity index (χ4n) is 1.77. The maximum absolute atomic E-state index is 11.9. The molecule has 0 spiro atoms. The van der Waals surface area contributed by atoms with Crippen molar-refractivity contribution in [3.63, 3.8) is 0 Å². The Kier molecular flexibility index (Phi) is 2.92. The van der Waals surface area contributed by atoms with Crippen LogP contribution in [0.15, 0.2) is 24.3 Å². The van der Waals surface area contributed by atoms with Gasteiger partial charge in [0, 0.05) is 25.7 Å². The minimum absolute atomic E-state index is 0.0724. The molecule has 1 aromatic rings. The summed E-state index contributed by atoms with van der Waals surface area (Å²) in [7, 11) is -1.86. The molecular weight excluding hydrogens is 240 g/mol. The molecule has 1 fully saturated rings. The van der Waals surface area contributed by atoms with Gasteiger partial charge in [-0.15, -0.1) is 0 Å². The van der Waals surface area contributed by atoms with E-state index in [0.717, 1.165) is 0 Å². The van der Waals surface area contributed by atoms with Gasteiger partial charge in [0.05, 0.1) is 5.69 Å². The van der Waals surface area contributed by atoms with Crippen molar-refractivity contribution in [2.75, 3.05) is 24.4 Å². The molecule has 1 saturated heterocycles. The first kappa shape index (κ1) is 12.1. The molecule has 5 nitrogen and oxygen atoms in total. The van der Waals surface area contributed by atoms with Gasteiger partial charge >= 0.3 is 10.2 Å². The first-order valence-corrected chi connectivity index (χ1v) is 6.67. The van der Waals surface area contributed by atoms with Crippen LogP contribution in [0, 0.1) is 0 Å². The lowest BCUT2D eigenvalue weighted by molar-refractivity contribution is 0.101. The molecule has 0 bridgehead atoms. The smallest absolute Gasteiger partial charge is 0.295 e. The molecule has 0 radical (unpaired) electrons. The number of likely N-dealkylation sites (N-methyl/N-ethyl adjacent to an activating group) is 1. The van der Waals surface area contributed by atoms with Crippen molar-refractivity contribution in [2.24, 2.45) is 0 Å². The second kappa shape index (κ2) is 4.12. The zero-order valence-corrected chi connectivity index (χ0v) is 10.6. The Balaban J connectivity index is 2.42. The summed E-state index contributed by atoms with van der Waals surface area (Å²) in [6.45, 7) is 2.34. The van der Waals surface area contributed by atoms with Crippen LogP contribution in [-0.4, -0.2) is 38.6 Å². The second-order valence-corrected chi connectivity index (χ2v) is 5.97. The van der Waals surface area contributed by atoms with Crippen molar-refractivity contribution >= 4 is 21.7 Å². The highest BCUT2D eigenvalue weighted by Gasteiger charge is 2.33. The number of Topliss-reactive ketones (excluding diaryl/α,β-unsaturated/α-hetero) is 1. The minimum Gasteiger partial charge on any atom is -0.295 e. The molecule has 1 aliphatic heterocycles. The van der Waals surface area contributed by atoms with E-state index in [9.17, 15) is 13.2 Å². The zero-order valence-electron chi connectivity index (χ0n) is 9.75.